The van der Waals surface area contributed by atoms with Crippen LogP contribution in [0.4, 0.5) is 10.5 Å². The summed E-state index contributed by atoms with van der Waals surface area (Å²) in [7, 11) is 0. The summed E-state index contributed by atoms with van der Waals surface area (Å²) in [5, 5.41) is 2.22. The van der Waals surface area contributed by atoms with Crippen LogP contribution in [0.25, 0.3) is 0 Å². The van der Waals surface area contributed by atoms with E-state index >= 15 is 0 Å². The number of rotatable bonds is 7. The molecular weight excluding hydrogens is 320 g/mol. The van der Waals surface area contributed by atoms with Gasteiger partial charge in [-0.25, -0.2) is 9.69 Å². The molecule has 1 unspecified atom stereocenters. The minimum atomic E-state index is -1.09. The lowest BCUT2D eigenvalue weighted by Gasteiger charge is -2.28. The van der Waals surface area contributed by atoms with Gasteiger partial charge in [0.05, 0.1) is 12.2 Å². The molecule has 0 spiro atoms. The van der Waals surface area contributed by atoms with Crippen LogP contribution in [0, 0.1) is 12.8 Å². The van der Waals surface area contributed by atoms with Gasteiger partial charge in [-0.2, -0.15) is 0 Å². The fraction of sp³-hybridized carbons (Fsp3) is 0.444. The molecule has 0 aromatic heterocycles. The molecule has 4 amide bonds. The topological polar surface area (TPSA) is 82.1 Å². The van der Waals surface area contributed by atoms with Gasteiger partial charge in [0.25, 0.3) is 5.91 Å². The minimum absolute atomic E-state index is 0.433. The molecule has 1 aromatic carbocycles. The van der Waals surface area contributed by atoms with E-state index in [9.17, 15) is 14.4 Å². The van der Waals surface area contributed by atoms with Gasteiger partial charge >= 0.3 is 6.03 Å². The number of likely N-dealkylation sites (N-methyl/N-ethyl adjacent to an activating group) is 1. The number of barbiturate groups is 1. The molecular formula is C18H24N4O3. The normalized spacial score (nSPS) is 18.3. The van der Waals surface area contributed by atoms with Crippen LogP contribution in [0.5, 0.6) is 0 Å². The fourth-order valence-corrected chi connectivity index (χ4v) is 2.58. The number of hydrogen-bond donors (Lipinski definition) is 1. The summed E-state index contributed by atoms with van der Waals surface area (Å²) in [6.07, 6.45) is 1.34. The summed E-state index contributed by atoms with van der Waals surface area (Å²) in [5.41, 5.74) is 1.45. The number of carbonyl (C=O) groups is 3. The molecule has 1 aliphatic rings. The molecule has 1 atom stereocenters. The van der Waals surface area contributed by atoms with E-state index in [1.165, 1.54) is 6.21 Å². The minimum Gasteiger partial charge on any atom is -0.302 e. The van der Waals surface area contributed by atoms with Crippen molar-refractivity contribution in [2.24, 2.45) is 10.9 Å². The molecule has 0 radical (unpaired) electrons. The van der Waals surface area contributed by atoms with Crippen molar-refractivity contribution in [1.82, 2.24) is 10.2 Å². The van der Waals surface area contributed by atoms with Crippen molar-refractivity contribution in [3.63, 3.8) is 0 Å². The molecule has 1 saturated heterocycles. The number of hydrogen-bond acceptors (Lipinski definition) is 5. The number of amides is 4. The lowest BCUT2D eigenvalue weighted by molar-refractivity contribution is -0.131. The third-order valence-corrected chi connectivity index (χ3v) is 4.19. The number of carbonyl (C=O) groups excluding carboxylic acids is 3. The van der Waals surface area contributed by atoms with Crippen molar-refractivity contribution in [2.45, 2.75) is 20.8 Å². The van der Waals surface area contributed by atoms with Gasteiger partial charge in [0.2, 0.25) is 5.91 Å². The molecule has 0 bridgehead atoms. The molecule has 1 aliphatic heterocycles. The highest BCUT2D eigenvalue weighted by molar-refractivity contribution is 6.32. The predicted octanol–water partition coefficient (Wildman–Crippen LogP) is 1.61. The third-order valence-electron chi connectivity index (χ3n) is 4.19. The Morgan fingerprint density at radius 3 is 2.40 bits per heavy atom. The van der Waals surface area contributed by atoms with Crippen LogP contribution < -0.4 is 10.2 Å². The maximum Gasteiger partial charge on any atom is 0.335 e. The maximum atomic E-state index is 12.6. The van der Waals surface area contributed by atoms with Crippen LogP contribution in [-0.2, 0) is 9.59 Å². The summed E-state index contributed by atoms with van der Waals surface area (Å²) < 4.78 is 0. The lowest BCUT2D eigenvalue weighted by Crippen LogP contribution is -2.58. The van der Waals surface area contributed by atoms with Gasteiger partial charge in [-0.15, -0.1) is 0 Å². The first-order valence-corrected chi connectivity index (χ1v) is 8.45. The van der Waals surface area contributed by atoms with Crippen molar-refractivity contribution in [3.8, 4) is 0 Å². The van der Waals surface area contributed by atoms with Gasteiger partial charge in [0.15, 0.2) is 5.92 Å². The van der Waals surface area contributed by atoms with Crippen molar-refractivity contribution >= 4 is 29.7 Å². The molecule has 0 aliphatic carbocycles. The van der Waals surface area contributed by atoms with E-state index < -0.39 is 23.8 Å². The molecule has 1 fully saturated rings. The molecule has 1 N–H and O–H groups in total. The molecule has 2 rings (SSSR count). The van der Waals surface area contributed by atoms with Crippen molar-refractivity contribution < 1.29 is 14.4 Å². The zero-order valence-corrected chi connectivity index (χ0v) is 14.9. The summed E-state index contributed by atoms with van der Waals surface area (Å²) in [6.45, 7) is 9.14. The molecule has 7 heteroatoms. The number of nitrogens with one attached hydrogen (secondary N) is 1. The Morgan fingerprint density at radius 2 is 1.80 bits per heavy atom. The Kier molecular flexibility index (Phi) is 6.41. The molecule has 25 heavy (non-hydrogen) atoms. The number of anilines is 1. The standard InChI is InChI=1S/C18H24N4O3/c1-4-21(5-2)11-10-19-12-15-16(23)20-18(25)22(17(15)24)14-8-6-13(3)7-9-14/h6-9,12,15H,4-5,10-11H2,1-3H3,(H,20,23,25). The number of aryl methyl sites for hydroxylation is 1. The predicted molar refractivity (Wildman–Crippen MR) is 96.8 cm³/mol. The van der Waals surface area contributed by atoms with E-state index in [1.807, 2.05) is 6.92 Å². The first kappa shape index (κ1) is 18.8. The van der Waals surface area contributed by atoms with Gasteiger partial charge in [-0.1, -0.05) is 31.5 Å². The first-order valence-electron chi connectivity index (χ1n) is 8.45. The van der Waals surface area contributed by atoms with E-state index in [0.29, 0.717) is 12.2 Å². The molecule has 1 aromatic rings. The fourth-order valence-electron chi connectivity index (χ4n) is 2.58. The SMILES string of the molecule is CCN(CC)CCN=CC1C(=O)NC(=O)N(c2ccc(C)cc2)C1=O. The average Bonchev–Trinajstić information content (AvgIpc) is 2.59. The molecule has 7 nitrogen and oxygen atoms in total. The van der Waals surface area contributed by atoms with Crippen LogP contribution in [0.15, 0.2) is 29.3 Å². The molecule has 134 valence electrons. The molecule has 1 heterocycles. The van der Waals surface area contributed by atoms with Crippen LogP contribution in [0.1, 0.15) is 19.4 Å². The van der Waals surface area contributed by atoms with Gasteiger partial charge < -0.3 is 4.90 Å². The number of aliphatic imine (C=N–C) groups is 1. The Labute approximate surface area is 147 Å². The zero-order valence-electron chi connectivity index (χ0n) is 14.9. The Balaban J connectivity index is 2.10. The van der Waals surface area contributed by atoms with Crippen LogP contribution >= 0.6 is 0 Å². The van der Waals surface area contributed by atoms with Gasteiger partial charge in [-0.3, -0.25) is 19.9 Å². The summed E-state index contributed by atoms with van der Waals surface area (Å²) in [5.74, 6) is -2.30. The van der Waals surface area contributed by atoms with E-state index in [4.69, 9.17) is 0 Å². The monoisotopic (exact) mass is 344 g/mol. The van der Waals surface area contributed by atoms with E-state index in [1.54, 1.807) is 24.3 Å². The number of urea groups is 1. The van der Waals surface area contributed by atoms with Crippen LogP contribution in [-0.4, -0.2) is 55.1 Å². The van der Waals surface area contributed by atoms with E-state index in [-0.39, 0.29) is 0 Å². The van der Waals surface area contributed by atoms with Gasteiger partial charge in [0, 0.05) is 12.8 Å². The smallest absolute Gasteiger partial charge is 0.302 e. The van der Waals surface area contributed by atoms with Crippen molar-refractivity contribution in [3.05, 3.63) is 29.8 Å². The second-order valence-electron chi connectivity index (χ2n) is 5.86. The summed E-state index contributed by atoms with van der Waals surface area (Å²) in [6, 6.07) is 6.24. The second kappa shape index (κ2) is 8.53. The lowest BCUT2D eigenvalue weighted by atomic mass is 10.1. The van der Waals surface area contributed by atoms with Crippen molar-refractivity contribution in [1.29, 1.82) is 0 Å². The number of nitrogens with zero attached hydrogens (tertiary/aromatic N) is 3. The van der Waals surface area contributed by atoms with Gasteiger partial charge in [0.1, 0.15) is 0 Å². The largest absolute Gasteiger partial charge is 0.335 e. The quantitative estimate of drug-likeness (QED) is 0.602. The zero-order chi connectivity index (χ0) is 18.4. The van der Waals surface area contributed by atoms with Crippen LogP contribution in [0.3, 0.4) is 0 Å². The van der Waals surface area contributed by atoms with E-state index in [2.05, 4.69) is 29.1 Å². The summed E-state index contributed by atoms with van der Waals surface area (Å²) >= 11 is 0. The Bertz CT molecular complexity index is 665. The highest BCUT2D eigenvalue weighted by Gasteiger charge is 2.40. The second-order valence-corrected chi connectivity index (χ2v) is 5.86. The maximum absolute atomic E-state index is 12.6. The van der Waals surface area contributed by atoms with E-state index in [0.717, 1.165) is 30.1 Å². The highest BCUT2D eigenvalue weighted by Crippen LogP contribution is 2.20. The number of imide groups is 2. The summed E-state index contributed by atoms with van der Waals surface area (Å²) in [4.78, 5) is 44.1. The molecule has 0 saturated carbocycles. The number of benzene rings is 1. The van der Waals surface area contributed by atoms with Crippen molar-refractivity contribution in [2.75, 3.05) is 31.1 Å². The third kappa shape index (κ3) is 4.51. The highest BCUT2D eigenvalue weighted by atomic mass is 16.2. The van der Waals surface area contributed by atoms with Crippen LogP contribution in [0.2, 0.25) is 0 Å². The Morgan fingerprint density at radius 1 is 1.16 bits per heavy atom. The Hall–Kier alpha value is -2.54. The van der Waals surface area contributed by atoms with Gasteiger partial charge in [-0.05, 0) is 32.1 Å². The first-order chi connectivity index (χ1) is 12.0. The average molecular weight is 344 g/mol.